The summed E-state index contributed by atoms with van der Waals surface area (Å²) in [4.78, 5) is 33.3. The Labute approximate surface area is 189 Å². The highest BCUT2D eigenvalue weighted by Gasteiger charge is 2.15. The van der Waals surface area contributed by atoms with Crippen LogP contribution in [0.25, 0.3) is 22.2 Å². The molecule has 0 aliphatic heterocycles. The van der Waals surface area contributed by atoms with Crippen molar-refractivity contribution >= 4 is 22.6 Å². The quantitative estimate of drug-likeness (QED) is 0.424. The fourth-order valence-corrected chi connectivity index (χ4v) is 3.40. The van der Waals surface area contributed by atoms with E-state index in [9.17, 15) is 9.18 Å². The molecule has 10 heteroatoms. The fraction of sp³-hybridized carbons (Fsp3) is 0.217. The van der Waals surface area contributed by atoms with Crippen LogP contribution in [0, 0.1) is 5.82 Å². The highest BCUT2D eigenvalue weighted by Crippen LogP contribution is 2.24. The molecule has 0 spiro atoms. The molecule has 0 bridgehead atoms. The molecule has 2 N–H and O–H groups in total. The van der Waals surface area contributed by atoms with Crippen molar-refractivity contribution in [2.45, 2.75) is 13.3 Å². The first-order valence-corrected chi connectivity index (χ1v) is 10.4. The molecule has 0 radical (unpaired) electrons. The number of aromatic nitrogens is 5. The van der Waals surface area contributed by atoms with Gasteiger partial charge >= 0.3 is 6.01 Å². The summed E-state index contributed by atoms with van der Waals surface area (Å²) in [5.74, 6) is -0.214. The van der Waals surface area contributed by atoms with Gasteiger partial charge in [-0.2, -0.15) is 0 Å². The van der Waals surface area contributed by atoms with Crippen LogP contribution >= 0.6 is 0 Å². The SMILES string of the molecule is CCOc1ncc(-c2cc(NCCc3ccc(F)c4c(C(=O)NC)ccnc34)ncn2)cn1. The summed E-state index contributed by atoms with van der Waals surface area (Å²) in [5, 5.41) is 6.00. The van der Waals surface area contributed by atoms with Crippen LogP contribution in [0.15, 0.2) is 49.2 Å². The van der Waals surface area contributed by atoms with E-state index < -0.39 is 5.82 Å². The summed E-state index contributed by atoms with van der Waals surface area (Å²) in [6.07, 6.45) is 6.80. The normalized spacial score (nSPS) is 10.8. The average Bonchev–Trinajstić information content (AvgIpc) is 2.85. The Hall–Kier alpha value is -4.21. The van der Waals surface area contributed by atoms with E-state index in [2.05, 4.69) is 35.6 Å². The van der Waals surface area contributed by atoms with Gasteiger partial charge in [-0.15, -0.1) is 0 Å². The van der Waals surface area contributed by atoms with Crippen LogP contribution in [-0.2, 0) is 6.42 Å². The van der Waals surface area contributed by atoms with Gasteiger partial charge in [0.15, 0.2) is 0 Å². The van der Waals surface area contributed by atoms with Crippen molar-refractivity contribution in [3.8, 4) is 17.3 Å². The third-order valence-corrected chi connectivity index (χ3v) is 4.96. The summed E-state index contributed by atoms with van der Waals surface area (Å²) < 4.78 is 19.8. The maximum absolute atomic E-state index is 14.5. The average molecular weight is 447 g/mol. The molecule has 3 aromatic heterocycles. The molecule has 4 rings (SSSR count). The predicted octanol–water partition coefficient (Wildman–Crippen LogP) is 3.03. The van der Waals surface area contributed by atoms with Crippen LogP contribution in [-0.4, -0.2) is 51.0 Å². The molecule has 0 unspecified atom stereocenters. The number of carbonyl (C=O) groups is 1. The molecule has 9 nitrogen and oxygen atoms in total. The zero-order chi connectivity index (χ0) is 23.2. The topological polar surface area (TPSA) is 115 Å². The van der Waals surface area contributed by atoms with Crippen LogP contribution < -0.4 is 15.4 Å². The lowest BCUT2D eigenvalue weighted by atomic mass is 10.0. The Kier molecular flexibility index (Phi) is 6.63. The lowest BCUT2D eigenvalue weighted by Gasteiger charge is -2.11. The zero-order valence-corrected chi connectivity index (χ0v) is 18.2. The van der Waals surface area contributed by atoms with Crippen LogP contribution in [0.2, 0.25) is 0 Å². The summed E-state index contributed by atoms with van der Waals surface area (Å²) in [7, 11) is 1.51. The molecule has 3 heterocycles. The molecule has 4 aromatic rings. The molecule has 0 aliphatic carbocycles. The van der Waals surface area contributed by atoms with E-state index in [1.54, 1.807) is 24.5 Å². The van der Waals surface area contributed by atoms with E-state index in [0.29, 0.717) is 42.6 Å². The van der Waals surface area contributed by atoms with Gasteiger partial charge in [0.2, 0.25) is 0 Å². The van der Waals surface area contributed by atoms with Gasteiger partial charge in [0.25, 0.3) is 5.91 Å². The monoisotopic (exact) mass is 447 g/mol. The fourth-order valence-electron chi connectivity index (χ4n) is 3.40. The molecule has 0 saturated carbocycles. The van der Waals surface area contributed by atoms with E-state index in [1.807, 2.05) is 6.92 Å². The van der Waals surface area contributed by atoms with E-state index in [1.165, 1.54) is 31.7 Å². The number of amides is 1. The van der Waals surface area contributed by atoms with Crippen LogP contribution in [0.3, 0.4) is 0 Å². The molecule has 0 atom stereocenters. The summed E-state index contributed by atoms with van der Waals surface area (Å²) in [6, 6.07) is 6.67. The van der Waals surface area contributed by atoms with Gasteiger partial charge in [-0.05, 0) is 31.0 Å². The van der Waals surface area contributed by atoms with E-state index in [0.717, 1.165) is 11.1 Å². The number of nitrogens with zero attached hydrogens (tertiary/aromatic N) is 5. The van der Waals surface area contributed by atoms with Gasteiger partial charge < -0.3 is 15.4 Å². The number of hydrogen-bond acceptors (Lipinski definition) is 8. The number of benzene rings is 1. The molecule has 1 amide bonds. The first-order valence-electron chi connectivity index (χ1n) is 10.4. The van der Waals surface area contributed by atoms with Crippen molar-refractivity contribution in [3.05, 3.63) is 66.1 Å². The van der Waals surface area contributed by atoms with E-state index in [-0.39, 0.29) is 16.9 Å². The number of halogens is 1. The number of rotatable bonds is 8. The second-order valence-corrected chi connectivity index (χ2v) is 7.02. The van der Waals surface area contributed by atoms with Crippen LogP contribution in [0.5, 0.6) is 6.01 Å². The van der Waals surface area contributed by atoms with Crippen molar-refractivity contribution in [3.63, 3.8) is 0 Å². The molecule has 0 fully saturated rings. The van der Waals surface area contributed by atoms with Gasteiger partial charge in [-0.1, -0.05) is 6.07 Å². The highest BCUT2D eigenvalue weighted by molar-refractivity contribution is 6.06. The molecular weight excluding hydrogens is 425 g/mol. The van der Waals surface area contributed by atoms with Crippen molar-refractivity contribution in [2.24, 2.45) is 0 Å². The third kappa shape index (κ3) is 4.84. The minimum Gasteiger partial charge on any atom is -0.464 e. The smallest absolute Gasteiger partial charge is 0.316 e. The lowest BCUT2D eigenvalue weighted by Crippen LogP contribution is -2.18. The van der Waals surface area contributed by atoms with Gasteiger partial charge in [0.1, 0.15) is 18.0 Å². The van der Waals surface area contributed by atoms with E-state index >= 15 is 0 Å². The number of fused-ring (bicyclic) bond motifs is 1. The number of pyridine rings is 1. The Morgan fingerprint density at radius 3 is 2.67 bits per heavy atom. The minimum absolute atomic E-state index is 0.217. The number of nitrogens with one attached hydrogen (secondary N) is 2. The Morgan fingerprint density at radius 2 is 1.91 bits per heavy atom. The third-order valence-electron chi connectivity index (χ3n) is 4.96. The first kappa shape index (κ1) is 22.0. The maximum Gasteiger partial charge on any atom is 0.316 e. The van der Waals surface area contributed by atoms with Crippen molar-refractivity contribution in [1.29, 1.82) is 0 Å². The second kappa shape index (κ2) is 9.94. The van der Waals surface area contributed by atoms with Crippen LogP contribution in [0.1, 0.15) is 22.8 Å². The Bertz CT molecular complexity index is 1280. The summed E-state index contributed by atoms with van der Waals surface area (Å²) in [5.41, 5.74) is 2.94. The Morgan fingerprint density at radius 1 is 1.09 bits per heavy atom. The van der Waals surface area contributed by atoms with Crippen LogP contribution in [0.4, 0.5) is 10.2 Å². The molecule has 33 heavy (non-hydrogen) atoms. The maximum atomic E-state index is 14.5. The summed E-state index contributed by atoms with van der Waals surface area (Å²) >= 11 is 0. The molecule has 0 aliphatic rings. The predicted molar refractivity (Wildman–Crippen MR) is 122 cm³/mol. The van der Waals surface area contributed by atoms with Gasteiger partial charge in [0.05, 0.1) is 23.4 Å². The Balaban J connectivity index is 1.49. The lowest BCUT2D eigenvalue weighted by molar-refractivity contribution is 0.0964. The van der Waals surface area contributed by atoms with Gasteiger partial charge in [-0.25, -0.2) is 24.3 Å². The van der Waals surface area contributed by atoms with Crippen molar-refractivity contribution in [2.75, 3.05) is 25.5 Å². The first-order chi connectivity index (χ1) is 16.1. The summed E-state index contributed by atoms with van der Waals surface area (Å²) in [6.45, 7) is 2.88. The molecule has 168 valence electrons. The number of carbonyl (C=O) groups excluding carboxylic acids is 1. The van der Waals surface area contributed by atoms with Gasteiger partial charge in [0, 0.05) is 49.2 Å². The largest absolute Gasteiger partial charge is 0.464 e. The van der Waals surface area contributed by atoms with E-state index in [4.69, 9.17) is 4.74 Å². The molecule has 1 aromatic carbocycles. The number of hydrogen-bond donors (Lipinski definition) is 2. The number of anilines is 1. The highest BCUT2D eigenvalue weighted by atomic mass is 19.1. The standard InChI is InChI=1S/C23H22FN7O2/c1-3-33-23-28-11-15(12-29-23)18-10-19(31-13-30-18)26-8-6-14-4-5-17(24)20-16(22(32)25-2)7-9-27-21(14)20/h4-5,7,9-13H,3,6,8H2,1-2H3,(H,25,32)(H,26,30,31). The van der Waals surface area contributed by atoms with Gasteiger partial charge in [-0.3, -0.25) is 9.78 Å². The molecule has 0 saturated heterocycles. The number of ether oxygens (including phenoxy) is 1. The zero-order valence-electron chi connectivity index (χ0n) is 18.2. The minimum atomic E-state index is -0.480. The van der Waals surface area contributed by atoms with Crippen molar-refractivity contribution in [1.82, 2.24) is 30.2 Å². The van der Waals surface area contributed by atoms with Crippen molar-refractivity contribution < 1.29 is 13.9 Å². The molecular formula is C23H22FN7O2. The second-order valence-electron chi connectivity index (χ2n) is 7.02.